The van der Waals surface area contributed by atoms with Crippen molar-refractivity contribution in [2.24, 2.45) is 0 Å². The first-order valence-electron chi connectivity index (χ1n) is 7.93. The highest BCUT2D eigenvalue weighted by Gasteiger charge is 2.24. The second-order valence-electron chi connectivity index (χ2n) is 5.92. The molecule has 6 nitrogen and oxygen atoms in total. The molecule has 2 rings (SSSR count). The minimum Gasteiger partial charge on any atom is -0.496 e. The number of likely N-dealkylation sites (N-methyl/N-ethyl adjacent to an activating group) is 2. The van der Waals surface area contributed by atoms with E-state index in [1.165, 1.54) is 31.2 Å². The quantitative estimate of drug-likeness (QED) is 0.616. The highest BCUT2D eigenvalue weighted by atomic mass is 79.9. The molecule has 0 atom stereocenters. The summed E-state index contributed by atoms with van der Waals surface area (Å²) in [5.41, 5.74) is 0.735. The average Bonchev–Trinajstić information content (AvgIpc) is 2.62. The third kappa shape index (κ3) is 5.44. The Kier molecular flexibility index (Phi) is 7.27. The third-order valence-corrected chi connectivity index (χ3v) is 6.54. The maximum absolute atomic E-state index is 12.6. The SMILES string of the molecule is COc1ccc(Cl)cc1CN(C)C(=O)CN(C)S(=O)(=O)c1ccc(Br)cc1. The molecular formula is C18H20BrClN2O4S. The van der Waals surface area contributed by atoms with Gasteiger partial charge in [0.05, 0.1) is 18.6 Å². The number of methoxy groups -OCH3 is 1. The van der Waals surface area contributed by atoms with Gasteiger partial charge in [0.25, 0.3) is 0 Å². The van der Waals surface area contributed by atoms with Gasteiger partial charge in [-0.1, -0.05) is 27.5 Å². The number of carbonyl (C=O) groups excluding carboxylic acids is 1. The van der Waals surface area contributed by atoms with Gasteiger partial charge in [-0.2, -0.15) is 4.31 Å². The molecule has 0 aliphatic rings. The Bertz CT molecular complexity index is 919. The van der Waals surface area contributed by atoms with Gasteiger partial charge in [0.2, 0.25) is 15.9 Å². The summed E-state index contributed by atoms with van der Waals surface area (Å²) < 4.78 is 32.3. The standard InChI is InChI=1S/C18H20BrClN2O4S/c1-21(11-13-10-15(20)6-9-17(13)26-3)18(23)12-22(2)27(24,25)16-7-4-14(19)5-8-16/h4-10H,11-12H2,1-3H3. The zero-order valence-corrected chi connectivity index (χ0v) is 18.3. The minimum atomic E-state index is -3.76. The molecular weight excluding hydrogens is 456 g/mol. The summed E-state index contributed by atoms with van der Waals surface area (Å²) in [5.74, 6) is 0.259. The van der Waals surface area contributed by atoms with E-state index in [0.29, 0.717) is 10.8 Å². The fraction of sp³-hybridized carbons (Fsp3) is 0.278. The third-order valence-electron chi connectivity index (χ3n) is 3.96. The molecule has 0 bridgehead atoms. The molecule has 0 aliphatic carbocycles. The summed E-state index contributed by atoms with van der Waals surface area (Å²) in [6.45, 7) is -0.0352. The van der Waals surface area contributed by atoms with Crippen molar-refractivity contribution in [3.8, 4) is 5.75 Å². The summed E-state index contributed by atoms with van der Waals surface area (Å²) in [6, 6.07) is 11.4. The van der Waals surface area contributed by atoms with E-state index in [-0.39, 0.29) is 23.9 Å². The van der Waals surface area contributed by atoms with Crippen LogP contribution < -0.4 is 4.74 Å². The van der Waals surface area contributed by atoms with E-state index in [2.05, 4.69) is 15.9 Å². The molecule has 146 valence electrons. The first-order valence-corrected chi connectivity index (χ1v) is 10.5. The molecule has 0 unspecified atom stereocenters. The maximum atomic E-state index is 12.6. The Morgan fingerprint density at radius 3 is 2.37 bits per heavy atom. The van der Waals surface area contributed by atoms with Crippen LogP contribution in [0.2, 0.25) is 5.02 Å². The van der Waals surface area contributed by atoms with Crippen molar-refractivity contribution in [3.05, 3.63) is 57.5 Å². The van der Waals surface area contributed by atoms with Crippen molar-refractivity contribution in [3.63, 3.8) is 0 Å². The van der Waals surface area contributed by atoms with E-state index >= 15 is 0 Å². The lowest BCUT2D eigenvalue weighted by Crippen LogP contribution is -2.39. The molecule has 0 aliphatic heterocycles. The Morgan fingerprint density at radius 1 is 1.15 bits per heavy atom. The molecule has 2 aromatic rings. The molecule has 0 spiro atoms. The summed E-state index contributed by atoms with van der Waals surface area (Å²) in [7, 11) is 0.755. The van der Waals surface area contributed by atoms with Crippen LogP contribution in [0.25, 0.3) is 0 Å². The van der Waals surface area contributed by atoms with Crippen LogP contribution in [0.15, 0.2) is 51.8 Å². The number of halogens is 2. The van der Waals surface area contributed by atoms with E-state index in [9.17, 15) is 13.2 Å². The normalized spacial score (nSPS) is 11.5. The lowest BCUT2D eigenvalue weighted by Gasteiger charge is -2.22. The van der Waals surface area contributed by atoms with Crippen LogP contribution in [0.4, 0.5) is 0 Å². The van der Waals surface area contributed by atoms with E-state index < -0.39 is 10.0 Å². The van der Waals surface area contributed by atoms with Gasteiger partial charge in [-0.15, -0.1) is 0 Å². The molecule has 0 radical (unpaired) electrons. The van der Waals surface area contributed by atoms with Crippen molar-refractivity contribution in [1.29, 1.82) is 0 Å². The molecule has 1 amide bonds. The Morgan fingerprint density at radius 2 is 1.78 bits per heavy atom. The highest BCUT2D eigenvalue weighted by molar-refractivity contribution is 9.10. The number of sulfonamides is 1. The number of benzene rings is 2. The predicted octanol–water partition coefficient (Wildman–Crippen LogP) is 3.39. The van der Waals surface area contributed by atoms with Crippen LogP contribution in [0.3, 0.4) is 0 Å². The van der Waals surface area contributed by atoms with Crippen LogP contribution >= 0.6 is 27.5 Å². The summed E-state index contributed by atoms with van der Waals surface area (Å²) in [4.78, 5) is 14.1. The van der Waals surface area contributed by atoms with Crippen LogP contribution in [0.1, 0.15) is 5.56 Å². The second kappa shape index (κ2) is 9.05. The Labute approximate surface area is 172 Å². The number of nitrogens with zero attached hydrogens (tertiary/aromatic N) is 2. The summed E-state index contributed by atoms with van der Waals surface area (Å²) in [5, 5.41) is 0.529. The number of ether oxygens (including phenoxy) is 1. The highest BCUT2D eigenvalue weighted by Crippen LogP contribution is 2.24. The first kappa shape index (κ1) is 21.7. The predicted molar refractivity (Wildman–Crippen MR) is 108 cm³/mol. The van der Waals surface area contributed by atoms with Crippen molar-refractivity contribution < 1.29 is 17.9 Å². The number of rotatable bonds is 7. The average molecular weight is 476 g/mol. The number of hydrogen-bond acceptors (Lipinski definition) is 4. The maximum Gasteiger partial charge on any atom is 0.243 e. The zero-order chi connectivity index (χ0) is 20.2. The molecule has 2 aromatic carbocycles. The van der Waals surface area contributed by atoms with Gasteiger partial charge in [-0.05, 0) is 42.5 Å². The zero-order valence-electron chi connectivity index (χ0n) is 15.1. The Balaban J connectivity index is 2.09. The fourth-order valence-corrected chi connectivity index (χ4v) is 3.98. The van der Waals surface area contributed by atoms with E-state index in [1.807, 2.05) is 0 Å². The van der Waals surface area contributed by atoms with Gasteiger partial charge < -0.3 is 9.64 Å². The topological polar surface area (TPSA) is 66.9 Å². The van der Waals surface area contributed by atoms with Crippen LogP contribution in [0.5, 0.6) is 5.75 Å². The minimum absolute atomic E-state index is 0.125. The van der Waals surface area contributed by atoms with Gasteiger partial charge in [-0.3, -0.25) is 4.79 Å². The Hall–Kier alpha value is -1.61. The van der Waals surface area contributed by atoms with E-state index in [0.717, 1.165) is 14.3 Å². The number of amides is 1. The van der Waals surface area contributed by atoms with Crippen LogP contribution in [-0.2, 0) is 21.4 Å². The smallest absolute Gasteiger partial charge is 0.243 e. The second-order valence-corrected chi connectivity index (χ2v) is 9.32. The molecule has 0 aromatic heterocycles. The first-order chi connectivity index (χ1) is 12.6. The molecule has 27 heavy (non-hydrogen) atoms. The van der Waals surface area contributed by atoms with Crippen LogP contribution in [-0.4, -0.2) is 51.3 Å². The monoisotopic (exact) mass is 474 g/mol. The molecule has 0 saturated heterocycles. The van der Waals surface area contributed by atoms with Crippen molar-refractivity contribution in [2.45, 2.75) is 11.4 Å². The van der Waals surface area contributed by atoms with E-state index in [1.54, 1.807) is 37.4 Å². The van der Waals surface area contributed by atoms with Crippen molar-refractivity contribution >= 4 is 43.5 Å². The molecule has 9 heteroatoms. The van der Waals surface area contributed by atoms with Gasteiger partial charge in [0, 0.05) is 35.7 Å². The van der Waals surface area contributed by atoms with Crippen molar-refractivity contribution in [1.82, 2.24) is 9.21 Å². The summed E-state index contributed by atoms with van der Waals surface area (Å²) >= 11 is 9.28. The van der Waals surface area contributed by atoms with Gasteiger partial charge >= 0.3 is 0 Å². The molecule has 0 N–H and O–H groups in total. The lowest BCUT2D eigenvalue weighted by atomic mass is 10.2. The summed E-state index contributed by atoms with van der Waals surface area (Å²) in [6.07, 6.45) is 0. The lowest BCUT2D eigenvalue weighted by molar-refractivity contribution is -0.130. The number of hydrogen-bond donors (Lipinski definition) is 0. The van der Waals surface area contributed by atoms with Crippen LogP contribution in [0, 0.1) is 0 Å². The van der Waals surface area contributed by atoms with Gasteiger partial charge in [0.15, 0.2) is 0 Å². The van der Waals surface area contributed by atoms with Gasteiger partial charge in [0.1, 0.15) is 5.75 Å². The van der Waals surface area contributed by atoms with Crippen molar-refractivity contribution in [2.75, 3.05) is 27.7 Å². The van der Waals surface area contributed by atoms with E-state index in [4.69, 9.17) is 16.3 Å². The number of carbonyl (C=O) groups is 1. The molecule has 0 saturated carbocycles. The fourth-order valence-electron chi connectivity index (χ4n) is 2.40. The molecule has 0 heterocycles. The van der Waals surface area contributed by atoms with Gasteiger partial charge in [-0.25, -0.2) is 8.42 Å². The largest absolute Gasteiger partial charge is 0.496 e. The molecule has 0 fully saturated rings.